The summed E-state index contributed by atoms with van der Waals surface area (Å²) in [5.41, 5.74) is 1.41. The maximum Gasteiger partial charge on any atom is 0.337 e. The lowest BCUT2D eigenvalue weighted by Crippen LogP contribution is -2.12. The average molecular weight is 355 g/mol. The molecule has 0 aliphatic heterocycles. The number of anilines is 1. The highest BCUT2D eigenvalue weighted by Crippen LogP contribution is 2.25. The predicted octanol–water partition coefficient (Wildman–Crippen LogP) is 4.78. The van der Waals surface area contributed by atoms with Crippen LogP contribution < -0.4 is 5.32 Å². The van der Waals surface area contributed by atoms with E-state index in [1.165, 1.54) is 12.1 Å². The van der Waals surface area contributed by atoms with Gasteiger partial charge in [0, 0.05) is 10.8 Å². The number of halogens is 1. The van der Waals surface area contributed by atoms with Crippen molar-refractivity contribution in [1.82, 2.24) is 0 Å². The second kappa shape index (κ2) is 6.86. The van der Waals surface area contributed by atoms with Crippen LogP contribution in [-0.4, -0.2) is 17.0 Å². The van der Waals surface area contributed by atoms with Crippen LogP contribution in [0.4, 0.5) is 10.1 Å². The fourth-order valence-electron chi connectivity index (χ4n) is 2.45. The number of hydrogen-bond acceptors (Lipinski definition) is 3. The molecule has 25 heavy (non-hydrogen) atoms. The number of carboxylic acid groups (broad SMARTS) is 1. The second-order valence-corrected chi connectivity index (χ2v) is 6.43. The number of carboxylic acids is 1. The summed E-state index contributed by atoms with van der Waals surface area (Å²) in [6.07, 6.45) is 1.39. The number of fused-ring (bicyclic) bond motifs is 1. The maximum atomic E-state index is 13.2. The first-order valence-corrected chi connectivity index (χ1v) is 8.32. The van der Waals surface area contributed by atoms with Crippen molar-refractivity contribution in [1.29, 1.82) is 0 Å². The number of allylic oxidation sites excluding steroid dienone is 1. The Morgan fingerprint density at radius 1 is 1.16 bits per heavy atom. The molecule has 1 heterocycles. The third kappa shape index (κ3) is 3.75. The lowest BCUT2D eigenvalue weighted by atomic mass is 10.1. The van der Waals surface area contributed by atoms with Gasteiger partial charge in [-0.25, -0.2) is 9.18 Å². The molecule has 0 saturated heterocycles. The van der Waals surface area contributed by atoms with E-state index in [0.717, 1.165) is 33.4 Å². The number of nitrogens with one attached hydrogen (secondary N) is 1. The average Bonchev–Trinajstić information content (AvgIpc) is 3.03. The minimum Gasteiger partial charge on any atom is -0.478 e. The topological polar surface area (TPSA) is 66.4 Å². The molecule has 3 aromatic rings. The maximum absolute atomic E-state index is 13.2. The molecule has 0 radical (unpaired) electrons. The van der Waals surface area contributed by atoms with Gasteiger partial charge in [0.1, 0.15) is 5.82 Å². The molecule has 6 heteroatoms. The van der Waals surface area contributed by atoms with Gasteiger partial charge in [-0.2, -0.15) is 0 Å². The Balaban J connectivity index is 1.83. The van der Waals surface area contributed by atoms with Crippen molar-refractivity contribution in [3.05, 3.63) is 70.9 Å². The van der Waals surface area contributed by atoms with Crippen LogP contribution in [-0.2, 0) is 4.79 Å². The molecule has 0 aliphatic carbocycles. The van der Waals surface area contributed by atoms with Gasteiger partial charge in [0.25, 0.3) is 0 Å². The minimum absolute atomic E-state index is 0.0525. The molecule has 2 N–H and O–H groups in total. The molecule has 0 spiro atoms. The molecular formula is C19H14FNO3S. The van der Waals surface area contributed by atoms with Crippen LogP contribution in [0.15, 0.2) is 53.9 Å². The van der Waals surface area contributed by atoms with Crippen LogP contribution in [0.5, 0.6) is 0 Å². The molecule has 1 amide bonds. The van der Waals surface area contributed by atoms with Crippen LogP contribution >= 0.6 is 11.3 Å². The monoisotopic (exact) mass is 355 g/mol. The lowest BCUT2D eigenvalue weighted by Gasteiger charge is -2.08. The van der Waals surface area contributed by atoms with Crippen molar-refractivity contribution < 1.29 is 19.1 Å². The number of carbonyl (C=O) groups is 2. The zero-order valence-electron chi connectivity index (χ0n) is 13.2. The Labute approximate surface area is 147 Å². The zero-order chi connectivity index (χ0) is 18.0. The van der Waals surface area contributed by atoms with Crippen LogP contribution in [0.1, 0.15) is 22.8 Å². The zero-order valence-corrected chi connectivity index (χ0v) is 14.1. The third-order valence-electron chi connectivity index (χ3n) is 3.73. The molecule has 0 atom stereocenters. The van der Waals surface area contributed by atoms with Crippen molar-refractivity contribution >= 4 is 44.6 Å². The molecule has 0 aliphatic rings. The molecule has 0 saturated carbocycles. The number of benzene rings is 2. The quantitative estimate of drug-likeness (QED) is 0.662. The van der Waals surface area contributed by atoms with Crippen molar-refractivity contribution in [2.45, 2.75) is 6.92 Å². The summed E-state index contributed by atoms with van der Waals surface area (Å²) in [6.45, 7) is 1.80. The molecule has 0 bridgehead atoms. The Morgan fingerprint density at radius 3 is 2.72 bits per heavy atom. The van der Waals surface area contributed by atoms with E-state index in [0.29, 0.717) is 0 Å². The highest BCUT2D eigenvalue weighted by molar-refractivity contribution is 7.17. The van der Waals surface area contributed by atoms with Gasteiger partial charge in [-0.05, 0) is 59.2 Å². The Bertz CT molecular complexity index is 1010. The molecule has 0 unspecified atom stereocenters. The van der Waals surface area contributed by atoms with Gasteiger partial charge >= 0.3 is 5.97 Å². The smallest absolute Gasteiger partial charge is 0.337 e. The first-order chi connectivity index (χ1) is 11.9. The molecule has 1 aromatic heterocycles. The number of rotatable bonds is 4. The van der Waals surface area contributed by atoms with E-state index in [9.17, 15) is 14.0 Å². The van der Waals surface area contributed by atoms with E-state index in [1.54, 1.807) is 18.3 Å². The van der Waals surface area contributed by atoms with E-state index >= 15 is 0 Å². The summed E-state index contributed by atoms with van der Waals surface area (Å²) in [6, 6.07) is 11.1. The highest BCUT2D eigenvalue weighted by Gasteiger charge is 2.13. The number of thiophene rings is 1. The molecule has 2 aromatic carbocycles. The molecule has 0 fully saturated rings. The SMILES string of the molecule is CC(=CC(=O)Nc1ccc(F)cc1C(=O)O)c1ccc2ccsc2c1. The number of aromatic carboxylic acids is 1. The van der Waals surface area contributed by atoms with Crippen molar-refractivity contribution in [2.24, 2.45) is 0 Å². The van der Waals surface area contributed by atoms with Gasteiger partial charge in [-0.3, -0.25) is 4.79 Å². The number of carbonyl (C=O) groups excluding carboxylic acids is 1. The predicted molar refractivity (Wildman–Crippen MR) is 97.5 cm³/mol. The largest absolute Gasteiger partial charge is 0.478 e. The second-order valence-electron chi connectivity index (χ2n) is 5.48. The van der Waals surface area contributed by atoms with Crippen LogP contribution in [0.3, 0.4) is 0 Å². The van der Waals surface area contributed by atoms with E-state index < -0.39 is 17.7 Å². The fraction of sp³-hybridized carbons (Fsp3) is 0.0526. The Hall–Kier alpha value is -2.99. The van der Waals surface area contributed by atoms with Gasteiger partial charge in [0.15, 0.2) is 0 Å². The van der Waals surface area contributed by atoms with E-state index in [-0.39, 0.29) is 11.3 Å². The lowest BCUT2D eigenvalue weighted by molar-refractivity contribution is -0.111. The van der Waals surface area contributed by atoms with Crippen molar-refractivity contribution in [2.75, 3.05) is 5.32 Å². The van der Waals surface area contributed by atoms with Crippen molar-refractivity contribution in [3.63, 3.8) is 0 Å². The fourth-order valence-corrected chi connectivity index (χ4v) is 3.28. The summed E-state index contributed by atoms with van der Waals surface area (Å²) in [7, 11) is 0. The molecule has 126 valence electrons. The molecule has 3 rings (SSSR count). The highest BCUT2D eigenvalue weighted by atomic mass is 32.1. The Kier molecular flexibility index (Phi) is 4.63. The van der Waals surface area contributed by atoms with Crippen LogP contribution in [0, 0.1) is 5.82 Å². The summed E-state index contributed by atoms with van der Waals surface area (Å²) in [5, 5.41) is 14.7. The number of hydrogen-bond donors (Lipinski definition) is 2. The van der Waals surface area contributed by atoms with Gasteiger partial charge in [0.2, 0.25) is 5.91 Å². The van der Waals surface area contributed by atoms with Crippen LogP contribution in [0.2, 0.25) is 0 Å². The minimum atomic E-state index is -1.31. The van der Waals surface area contributed by atoms with Gasteiger partial charge < -0.3 is 10.4 Å². The first kappa shape index (κ1) is 16.9. The summed E-state index contributed by atoms with van der Waals surface area (Å²) in [4.78, 5) is 23.4. The standard InChI is InChI=1S/C19H14FNO3S/c1-11(13-3-2-12-6-7-25-17(12)9-13)8-18(22)21-16-5-4-14(20)10-15(16)19(23)24/h2-10H,1H3,(H,21,22)(H,23,24). The normalized spacial score (nSPS) is 11.5. The van der Waals surface area contributed by atoms with Crippen LogP contribution in [0.25, 0.3) is 15.7 Å². The third-order valence-corrected chi connectivity index (χ3v) is 4.61. The van der Waals surface area contributed by atoms with Gasteiger partial charge in [-0.1, -0.05) is 12.1 Å². The number of amides is 1. The first-order valence-electron chi connectivity index (χ1n) is 7.44. The summed E-state index contributed by atoms with van der Waals surface area (Å²) < 4.78 is 14.3. The van der Waals surface area contributed by atoms with E-state index in [2.05, 4.69) is 5.32 Å². The molecular weight excluding hydrogens is 341 g/mol. The summed E-state index contributed by atoms with van der Waals surface area (Å²) in [5.74, 6) is -2.46. The Morgan fingerprint density at radius 2 is 1.96 bits per heavy atom. The van der Waals surface area contributed by atoms with Gasteiger partial charge in [-0.15, -0.1) is 11.3 Å². The summed E-state index contributed by atoms with van der Waals surface area (Å²) >= 11 is 1.62. The van der Waals surface area contributed by atoms with Crippen molar-refractivity contribution in [3.8, 4) is 0 Å². The van der Waals surface area contributed by atoms with E-state index in [1.807, 2.05) is 29.6 Å². The van der Waals surface area contributed by atoms with Gasteiger partial charge in [0.05, 0.1) is 11.3 Å². The molecule has 4 nitrogen and oxygen atoms in total. The van der Waals surface area contributed by atoms with E-state index in [4.69, 9.17) is 5.11 Å².